The second-order valence-electron chi connectivity index (χ2n) is 4.34. The molecule has 0 heterocycles. The fourth-order valence-corrected chi connectivity index (χ4v) is 1.95. The SMILES string of the molecule is C\C=C/C=C\C(=C/CCC)c1ccccc1CC. The molecule has 0 radical (unpaired) electrons. The smallest absolute Gasteiger partial charge is 0.0155 e. The zero-order chi connectivity index (χ0) is 13.2. The Balaban J connectivity index is 3.09. The first-order valence-electron chi connectivity index (χ1n) is 6.91. The van der Waals surface area contributed by atoms with Gasteiger partial charge in [0.25, 0.3) is 0 Å². The van der Waals surface area contributed by atoms with Gasteiger partial charge in [0, 0.05) is 0 Å². The molecule has 1 aromatic rings. The van der Waals surface area contributed by atoms with Crippen LogP contribution in [0.3, 0.4) is 0 Å². The van der Waals surface area contributed by atoms with Crippen molar-refractivity contribution in [2.45, 2.75) is 40.0 Å². The van der Waals surface area contributed by atoms with Gasteiger partial charge >= 0.3 is 0 Å². The molecule has 0 nitrogen and oxygen atoms in total. The van der Waals surface area contributed by atoms with Crippen molar-refractivity contribution < 1.29 is 0 Å². The van der Waals surface area contributed by atoms with Crippen LogP contribution in [0.25, 0.3) is 5.57 Å². The van der Waals surface area contributed by atoms with Gasteiger partial charge in [-0.15, -0.1) is 0 Å². The maximum Gasteiger partial charge on any atom is -0.0155 e. The molecule has 0 heteroatoms. The number of hydrogen-bond donors (Lipinski definition) is 0. The van der Waals surface area contributed by atoms with Crippen molar-refractivity contribution in [3.63, 3.8) is 0 Å². The van der Waals surface area contributed by atoms with Gasteiger partial charge in [0.1, 0.15) is 0 Å². The molecule has 1 rings (SSSR count). The molecule has 0 saturated carbocycles. The summed E-state index contributed by atoms with van der Waals surface area (Å²) in [7, 11) is 0. The van der Waals surface area contributed by atoms with Gasteiger partial charge in [-0.2, -0.15) is 0 Å². The summed E-state index contributed by atoms with van der Waals surface area (Å²) in [6.07, 6.45) is 14.2. The molecular formula is C18H24. The van der Waals surface area contributed by atoms with Gasteiger partial charge in [0.2, 0.25) is 0 Å². The van der Waals surface area contributed by atoms with Gasteiger partial charge in [0.15, 0.2) is 0 Å². The maximum absolute atomic E-state index is 2.34. The molecule has 1 aromatic carbocycles. The fourth-order valence-electron chi connectivity index (χ4n) is 1.95. The van der Waals surface area contributed by atoms with Crippen LogP contribution in [-0.2, 0) is 6.42 Å². The van der Waals surface area contributed by atoms with Crippen LogP contribution < -0.4 is 0 Å². The average molecular weight is 240 g/mol. The maximum atomic E-state index is 2.34. The van der Waals surface area contributed by atoms with Gasteiger partial charge in [-0.05, 0) is 36.5 Å². The van der Waals surface area contributed by atoms with Crippen LogP contribution in [0, 0.1) is 0 Å². The monoisotopic (exact) mass is 240 g/mol. The molecule has 0 bridgehead atoms. The number of allylic oxidation sites excluding steroid dienone is 6. The molecule has 0 atom stereocenters. The number of aryl methyl sites for hydroxylation is 1. The predicted octanol–water partition coefficient (Wildman–Crippen LogP) is 5.56. The normalized spacial score (nSPS) is 12.7. The Morgan fingerprint density at radius 1 is 1.11 bits per heavy atom. The van der Waals surface area contributed by atoms with Crippen LogP contribution in [-0.4, -0.2) is 0 Å². The van der Waals surface area contributed by atoms with Crippen LogP contribution in [0.1, 0.15) is 44.7 Å². The fraction of sp³-hybridized carbons (Fsp3) is 0.333. The van der Waals surface area contributed by atoms with E-state index in [9.17, 15) is 0 Å². The number of rotatable bonds is 6. The van der Waals surface area contributed by atoms with Crippen molar-refractivity contribution in [3.05, 3.63) is 65.8 Å². The third kappa shape index (κ3) is 4.37. The first-order chi connectivity index (χ1) is 8.83. The Bertz CT molecular complexity index is 433. The van der Waals surface area contributed by atoms with Gasteiger partial charge < -0.3 is 0 Å². The van der Waals surface area contributed by atoms with Crippen LogP contribution in [0.15, 0.2) is 54.6 Å². The lowest BCUT2D eigenvalue weighted by atomic mass is 9.96. The highest BCUT2D eigenvalue weighted by Crippen LogP contribution is 2.22. The molecule has 0 aliphatic heterocycles. The van der Waals surface area contributed by atoms with E-state index in [2.05, 4.69) is 68.5 Å². The second-order valence-corrected chi connectivity index (χ2v) is 4.34. The lowest BCUT2D eigenvalue weighted by molar-refractivity contribution is 0.960. The summed E-state index contributed by atoms with van der Waals surface area (Å²) in [5.74, 6) is 0. The van der Waals surface area contributed by atoms with E-state index in [4.69, 9.17) is 0 Å². The molecule has 0 saturated heterocycles. The Hall–Kier alpha value is -1.56. The highest BCUT2D eigenvalue weighted by Gasteiger charge is 2.02. The Labute approximate surface area is 112 Å². The van der Waals surface area contributed by atoms with Gasteiger partial charge in [-0.1, -0.05) is 74.9 Å². The number of unbranched alkanes of at least 4 members (excludes halogenated alkanes) is 1. The molecule has 18 heavy (non-hydrogen) atoms. The van der Waals surface area contributed by atoms with Crippen molar-refractivity contribution in [1.29, 1.82) is 0 Å². The zero-order valence-electron chi connectivity index (χ0n) is 11.8. The van der Waals surface area contributed by atoms with Crippen molar-refractivity contribution in [3.8, 4) is 0 Å². The molecular weight excluding hydrogens is 216 g/mol. The number of benzene rings is 1. The second kappa shape index (κ2) is 8.52. The van der Waals surface area contributed by atoms with E-state index in [1.807, 2.05) is 6.92 Å². The van der Waals surface area contributed by atoms with Gasteiger partial charge in [0.05, 0.1) is 0 Å². The first kappa shape index (κ1) is 14.5. The highest BCUT2D eigenvalue weighted by molar-refractivity contribution is 5.76. The van der Waals surface area contributed by atoms with Gasteiger partial charge in [-0.3, -0.25) is 0 Å². The standard InChI is InChI=1S/C18H24/c1-4-7-9-14-17(12-8-5-2)18-15-11-10-13-16(18)6-3/h4,7,9-15H,5-6,8H2,1-3H3/b7-4-,14-9-,17-12+. The number of hydrogen-bond acceptors (Lipinski definition) is 0. The summed E-state index contributed by atoms with van der Waals surface area (Å²) < 4.78 is 0. The van der Waals surface area contributed by atoms with Crippen molar-refractivity contribution >= 4 is 5.57 Å². The van der Waals surface area contributed by atoms with E-state index in [0.29, 0.717) is 0 Å². The quantitative estimate of drug-likeness (QED) is 0.571. The molecule has 0 aromatic heterocycles. The van der Waals surface area contributed by atoms with E-state index in [1.54, 1.807) is 0 Å². The summed E-state index contributed by atoms with van der Waals surface area (Å²) in [5, 5.41) is 0. The molecule has 96 valence electrons. The van der Waals surface area contributed by atoms with Crippen LogP contribution in [0.2, 0.25) is 0 Å². The van der Waals surface area contributed by atoms with E-state index >= 15 is 0 Å². The lowest BCUT2D eigenvalue weighted by Gasteiger charge is -2.08. The molecule has 0 fully saturated rings. The third-order valence-electron chi connectivity index (χ3n) is 2.94. The first-order valence-corrected chi connectivity index (χ1v) is 6.91. The van der Waals surface area contributed by atoms with Crippen molar-refractivity contribution in [2.24, 2.45) is 0 Å². The highest BCUT2D eigenvalue weighted by atomic mass is 14.1. The van der Waals surface area contributed by atoms with Crippen LogP contribution in [0.5, 0.6) is 0 Å². The average Bonchev–Trinajstić information content (AvgIpc) is 2.42. The topological polar surface area (TPSA) is 0 Å². The summed E-state index contributed by atoms with van der Waals surface area (Å²) >= 11 is 0. The Morgan fingerprint density at radius 3 is 2.56 bits per heavy atom. The van der Waals surface area contributed by atoms with Gasteiger partial charge in [-0.25, -0.2) is 0 Å². The Morgan fingerprint density at radius 2 is 1.89 bits per heavy atom. The molecule has 0 N–H and O–H groups in total. The molecule has 0 aliphatic carbocycles. The zero-order valence-corrected chi connectivity index (χ0v) is 11.8. The van der Waals surface area contributed by atoms with Crippen molar-refractivity contribution in [2.75, 3.05) is 0 Å². The predicted molar refractivity (Wildman–Crippen MR) is 82.7 cm³/mol. The molecule has 0 amide bonds. The summed E-state index contributed by atoms with van der Waals surface area (Å²) in [5.41, 5.74) is 4.13. The van der Waals surface area contributed by atoms with E-state index in [-0.39, 0.29) is 0 Å². The van der Waals surface area contributed by atoms with Crippen LogP contribution >= 0.6 is 0 Å². The van der Waals surface area contributed by atoms with E-state index in [0.717, 1.165) is 12.8 Å². The molecule has 0 unspecified atom stereocenters. The van der Waals surface area contributed by atoms with E-state index in [1.165, 1.54) is 23.1 Å². The Kier molecular flexibility index (Phi) is 6.86. The third-order valence-corrected chi connectivity index (χ3v) is 2.94. The minimum atomic E-state index is 1.08. The minimum Gasteiger partial charge on any atom is -0.0877 e. The summed E-state index contributed by atoms with van der Waals surface area (Å²) in [6, 6.07) is 8.69. The van der Waals surface area contributed by atoms with Crippen LogP contribution in [0.4, 0.5) is 0 Å². The summed E-state index contributed by atoms with van der Waals surface area (Å²) in [6.45, 7) is 6.47. The molecule has 0 spiro atoms. The minimum absolute atomic E-state index is 1.08. The summed E-state index contributed by atoms with van der Waals surface area (Å²) in [4.78, 5) is 0. The largest absolute Gasteiger partial charge is 0.0877 e. The lowest BCUT2D eigenvalue weighted by Crippen LogP contribution is -1.90. The molecule has 0 aliphatic rings. The van der Waals surface area contributed by atoms with Crippen molar-refractivity contribution in [1.82, 2.24) is 0 Å². The van der Waals surface area contributed by atoms with E-state index < -0.39 is 0 Å².